The van der Waals surface area contributed by atoms with Crippen molar-refractivity contribution in [2.75, 3.05) is 13.7 Å². The SMILES string of the molecule is COC[C@H](CC(=O)c1ccc2c(-c3ccccc3Cl)nn(-c3ccc(F)cc3)c2c1)[C@@H](O)c1ccccc1. The molecule has 0 amide bonds. The number of aromatic nitrogens is 2. The van der Waals surface area contributed by atoms with Gasteiger partial charge in [0.05, 0.1) is 28.9 Å². The summed E-state index contributed by atoms with van der Waals surface area (Å²) in [4.78, 5) is 13.5. The second-order valence-corrected chi connectivity index (χ2v) is 9.55. The molecule has 0 spiro atoms. The van der Waals surface area contributed by atoms with Crippen LogP contribution in [0, 0.1) is 11.7 Å². The molecule has 192 valence electrons. The number of ketones is 1. The Bertz CT molecular complexity index is 1570. The van der Waals surface area contributed by atoms with Gasteiger partial charge >= 0.3 is 0 Å². The molecule has 38 heavy (non-hydrogen) atoms. The number of hydrogen-bond acceptors (Lipinski definition) is 4. The maximum absolute atomic E-state index is 13.7. The van der Waals surface area contributed by atoms with Crippen molar-refractivity contribution in [2.24, 2.45) is 5.92 Å². The summed E-state index contributed by atoms with van der Waals surface area (Å²) in [7, 11) is 1.55. The van der Waals surface area contributed by atoms with Crippen LogP contribution in [0.15, 0.2) is 97.1 Å². The number of Topliss-reactive ketones (excluding diaryl/α,β-unsaturated/α-hetero) is 1. The number of rotatable bonds is 9. The van der Waals surface area contributed by atoms with Gasteiger partial charge in [-0.05, 0) is 48.0 Å². The van der Waals surface area contributed by atoms with Crippen LogP contribution in [-0.2, 0) is 4.74 Å². The summed E-state index contributed by atoms with van der Waals surface area (Å²) in [5.41, 5.74) is 3.96. The molecule has 5 rings (SSSR count). The van der Waals surface area contributed by atoms with Crippen LogP contribution in [0.1, 0.15) is 28.4 Å². The van der Waals surface area contributed by atoms with Crippen LogP contribution >= 0.6 is 11.6 Å². The molecule has 0 saturated heterocycles. The van der Waals surface area contributed by atoms with Crippen molar-refractivity contribution >= 4 is 28.3 Å². The molecule has 2 atom stereocenters. The lowest BCUT2D eigenvalue weighted by molar-refractivity contribution is 0.0403. The maximum Gasteiger partial charge on any atom is 0.163 e. The number of halogens is 2. The van der Waals surface area contributed by atoms with E-state index in [0.717, 1.165) is 16.5 Å². The Labute approximate surface area is 225 Å². The summed E-state index contributed by atoms with van der Waals surface area (Å²) >= 11 is 6.50. The Morgan fingerprint density at radius 2 is 1.71 bits per heavy atom. The minimum Gasteiger partial charge on any atom is -0.388 e. The Kier molecular flexibility index (Phi) is 7.65. The van der Waals surface area contributed by atoms with E-state index in [-0.39, 0.29) is 24.6 Å². The Hall–Kier alpha value is -3.84. The molecule has 4 aromatic carbocycles. The lowest BCUT2D eigenvalue weighted by Crippen LogP contribution is -2.21. The smallest absolute Gasteiger partial charge is 0.163 e. The monoisotopic (exact) mass is 528 g/mol. The van der Waals surface area contributed by atoms with Gasteiger partial charge in [0.1, 0.15) is 11.5 Å². The zero-order chi connectivity index (χ0) is 26.6. The summed E-state index contributed by atoms with van der Waals surface area (Å²) < 4.78 is 20.7. The lowest BCUT2D eigenvalue weighted by Gasteiger charge is -2.22. The number of aliphatic hydroxyl groups excluding tert-OH is 1. The van der Waals surface area contributed by atoms with E-state index in [9.17, 15) is 14.3 Å². The van der Waals surface area contributed by atoms with Crippen LogP contribution in [0.3, 0.4) is 0 Å². The number of fused-ring (bicyclic) bond motifs is 1. The molecule has 0 fully saturated rings. The van der Waals surface area contributed by atoms with Gasteiger partial charge < -0.3 is 9.84 Å². The quantitative estimate of drug-likeness (QED) is 0.208. The molecule has 0 unspecified atom stereocenters. The largest absolute Gasteiger partial charge is 0.388 e. The van der Waals surface area contributed by atoms with Crippen molar-refractivity contribution in [2.45, 2.75) is 12.5 Å². The fourth-order valence-corrected chi connectivity index (χ4v) is 4.90. The van der Waals surface area contributed by atoms with E-state index in [2.05, 4.69) is 0 Å². The minimum absolute atomic E-state index is 0.0947. The lowest BCUT2D eigenvalue weighted by atomic mass is 9.90. The third-order valence-corrected chi connectivity index (χ3v) is 6.95. The van der Waals surface area contributed by atoms with Crippen LogP contribution < -0.4 is 0 Å². The fourth-order valence-electron chi connectivity index (χ4n) is 4.67. The fraction of sp³-hybridized carbons (Fsp3) is 0.161. The molecule has 1 heterocycles. The highest BCUT2D eigenvalue weighted by Crippen LogP contribution is 2.35. The number of aliphatic hydroxyl groups is 1. The van der Waals surface area contributed by atoms with Gasteiger partial charge in [-0.25, -0.2) is 9.07 Å². The highest BCUT2D eigenvalue weighted by Gasteiger charge is 2.25. The van der Waals surface area contributed by atoms with Gasteiger partial charge in [-0.3, -0.25) is 4.79 Å². The highest BCUT2D eigenvalue weighted by molar-refractivity contribution is 6.33. The number of carbonyl (C=O) groups is 1. The third-order valence-electron chi connectivity index (χ3n) is 6.62. The third kappa shape index (κ3) is 5.24. The minimum atomic E-state index is -0.847. The van der Waals surface area contributed by atoms with Crippen LogP contribution in [-0.4, -0.2) is 34.4 Å². The molecule has 7 heteroatoms. The van der Waals surface area contributed by atoms with Crippen molar-refractivity contribution in [3.63, 3.8) is 0 Å². The second-order valence-electron chi connectivity index (χ2n) is 9.15. The van der Waals surface area contributed by atoms with Gasteiger partial charge in [0.15, 0.2) is 5.78 Å². The zero-order valence-corrected chi connectivity index (χ0v) is 21.5. The molecule has 0 bridgehead atoms. The first-order chi connectivity index (χ1) is 18.5. The molecule has 0 aliphatic carbocycles. The topological polar surface area (TPSA) is 64.3 Å². The molecule has 0 saturated carbocycles. The first-order valence-electron chi connectivity index (χ1n) is 12.2. The van der Waals surface area contributed by atoms with Gasteiger partial charge in [0.2, 0.25) is 0 Å². The van der Waals surface area contributed by atoms with Crippen molar-refractivity contribution in [3.8, 4) is 16.9 Å². The molecule has 5 aromatic rings. The van der Waals surface area contributed by atoms with E-state index in [4.69, 9.17) is 21.4 Å². The predicted molar refractivity (Wildman–Crippen MR) is 147 cm³/mol. The van der Waals surface area contributed by atoms with Crippen molar-refractivity contribution in [3.05, 3.63) is 119 Å². The molecule has 1 N–H and O–H groups in total. The normalized spacial score (nSPS) is 12.9. The van der Waals surface area contributed by atoms with E-state index in [1.807, 2.05) is 54.6 Å². The van der Waals surface area contributed by atoms with E-state index >= 15 is 0 Å². The first kappa shape index (κ1) is 25.8. The van der Waals surface area contributed by atoms with Crippen LogP contribution in [0.5, 0.6) is 0 Å². The average molecular weight is 529 g/mol. The molecule has 0 aliphatic heterocycles. The van der Waals surface area contributed by atoms with Crippen molar-refractivity contribution < 1.29 is 19.0 Å². The van der Waals surface area contributed by atoms with Crippen LogP contribution in [0.25, 0.3) is 27.8 Å². The van der Waals surface area contributed by atoms with Gasteiger partial charge in [0.25, 0.3) is 0 Å². The Morgan fingerprint density at radius 1 is 1.00 bits per heavy atom. The van der Waals surface area contributed by atoms with Gasteiger partial charge in [-0.1, -0.05) is 66.2 Å². The molecule has 1 aromatic heterocycles. The number of benzene rings is 4. The number of nitrogens with zero attached hydrogens (tertiary/aromatic N) is 2. The summed E-state index contributed by atoms with van der Waals surface area (Å²) in [5, 5.41) is 17.1. The number of carbonyl (C=O) groups excluding carboxylic acids is 1. The van der Waals surface area contributed by atoms with Crippen LogP contribution in [0.2, 0.25) is 5.02 Å². The Balaban J connectivity index is 1.55. The highest BCUT2D eigenvalue weighted by atomic mass is 35.5. The second kappa shape index (κ2) is 11.3. The molecule has 0 aliphatic rings. The van der Waals surface area contributed by atoms with Gasteiger partial charge in [0, 0.05) is 36.0 Å². The molecule has 5 nitrogen and oxygen atoms in total. The molecule has 0 radical (unpaired) electrons. The number of hydrogen-bond donors (Lipinski definition) is 1. The molecular formula is C31H26ClFN2O3. The summed E-state index contributed by atoms with van der Waals surface area (Å²) in [6.07, 6.45) is -0.752. The van der Waals surface area contributed by atoms with Crippen molar-refractivity contribution in [1.82, 2.24) is 9.78 Å². The first-order valence-corrected chi connectivity index (χ1v) is 12.6. The summed E-state index contributed by atoms with van der Waals surface area (Å²) in [6, 6.07) is 28.1. The standard InChI is InChI=1S/C31H26ClFN2O3/c1-38-19-22(31(37)20-7-3-2-4-8-20)18-29(36)21-11-16-26-28(17-21)35(24-14-12-23(33)13-15-24)34-30(26)25-9-5-6-10-27(25)32/h2-17,22,31,37H,18-19H2,1H3/t22-,31-/m0/s1. The van der Waals surface area contributed by atoms with E-state index < -0.39 is 12.0 Å². The Morgan fingerprint density at radius 3 is 2.42 bits per heavy atom. The van der Waals surface area contributed by atoms with E-state index in [0.29, 0.717) is 27.5 Å². The van der Waals surface area contributed by atoms with Crippen LogP contribution in [0.4, 0.5) is 4.39 Å². The zero-order valence-electron chi connectivity index (χ0n) is 20.7. The summed E-state index contributed by atoms with van der Waals surface area (Å²) in [6.45, 7) is 0.230. The van der Waals surface area contributed by atoms with Crippen molar-refractivity contribution in [1.29, 1.82) is 0 Å². The molecular weight excluding hydrogens is 503 g/mol. The summed E-state index contributed by atoms with van der Waals surface area (Å²) in [5.74, 6) is -0.907. The van der Waals surface area contributed by atoms with Gasteiger partial charge in [-0.15, -0.1) is 0 Å². The maximum atomic E-state index is 13.7. The van der Waals surface area contributed by atoms with E-state index in [1.165, 1.54) is 12.1 Å². The number of methoxy groups -OCH3 is 1. The van der Waals surface area contributed by atoms with E-state index in [1.54, 1.807) is 42.1 Å². The predicted octanol–water partition coefficient (Wildman–Crippen LogP) is 7.05. The number of ether oxygens (including phenoxy) is 1. The average Bonchev–Trinajstić information content (AvgIpc) is 3.32. The van der Waals surface area contributed by atoms with Gasteiger partial charge in [-0.2, -0.15) is 5.10 Å².